The number of Topliss-reactive ketones (excluding diaryl/α,β-unsaturated/α-hetero) is 1. The van der Waals surface area contributed by atoms with Crippen molar-refractivity contribution < 1.29 is 14.3 Å². The number of nitrogens with zero attached hydrogens (tertiary/aromatic N) is 1. The smallest absolute Gasteiger partial charge is 0.236 e. The Kier molecular flexibility index (Phi) is 4.07. The molecule has 0 atom stereocenters. The molecule has 0 bridgehead atoms. The Balaban J connectivity index is 1.51. The molecule has 1 saturated carbocycles. The number of ketones is 1. The Morgan fingerprint density at radius 1 is 1.28 bits per heavy atom. The van der Waals surface area contributed by atoms with Crippen LogP contribution in [0, 0.1) is 0 Å². The fraction of sp³-hybridized carbons (Fsp3) is 0.421. The van der Waals surface area contributed by atoms with E-state index in [-0.39, 0.29) is 11.7 Å². The largest absolute Gasteiger partial charge is 0.494 e. The van der Waals surface area contributed by atoms with Crippen LogP contribution in [0.5, 0.6) is 5.75 Å². The summed E-state index contributed by atoms with van der Waals surface area (Å²) in [6.45, 7) is 2.57. The number of anilines is 1. The number of hydrogen-bond acceptors (Lipinski definition) is 5. The fourth-order valence-corrected chi connectivity index (χ4v) is 4.32. The Bertz CT molecular complexity index is 822. The molecule has 1 amide bonds. The molecule has 25 heavy (non-hydrogen) atoms. The van der Waals surface area contributed by atoms with Gasteiger partial charge in [0.15, 0.2) is 10.9 Å². The van der Waals surface area contributed by atoms with Crippen LogP contribution in [0.25, 0.3) is 0 Å². The summed E-state index contributed by atoms with van der Waals surface area (Å²) in [4.78, 5) is 30.0. The van der Waals surface area contributed by atoms with Crippen molar-refractivity contribution in [1.82, 2.24) is 4.98 Å². The van der Waals surface area contributed by atoms with Crippen LogP contribution in [0.4, 0.5) is 5.13 Å². The molecule has 2 aromatic rings. The molecule has 0 radical (unpaired) electrons. The van der Waals surface area contributed by atoms with E-state index in [0.29, 0.717) is 23.0 Å². The molecular weight excluding hydrogens is 336 g/mol. The van der Waals surface area contributed by atoms with Gasteiger partial charge < -0.3 is 10.1 Å². The van der Waals surface area contributed by atoms with E-state index >= 15 is 0 Å². The van der Waals surface area contributed by atoms with Gasteiger partial charge in [-0.15, -0.1) is 0 Å². The van der Waals surface area contributed by atoms with Gasteiger partial charge in [0.1, 0.15) is 5.75 Å². The van der Waals surface area contributed by atoms with Crippen molar-refractivity contribution in [1.29, 1.82) is 0 Å². The lowest BCUT2D eigenvalue weighted by Gasteiger charge is -2.15. The number of nitrogens with one attached hydrogen (secondary N) is 1. The molecule has 1 aromatic carbocycles. The molecule has 1 fully saturated rings. The van der Waals surface area contributed by atoms with Gasteiger partial charge in [0.05, 0.1) is 22.6 Å². The molecule has 0 unspecified atom stereocenters. The number of rotatable bonds is 5. The van der Waals surface area contributed by atoms with Crippen LogP contribution in [0.2, 0.25) is 0 Å². The van der Waals surface area contributed by atoms with Gasteiger partial charge in [0.25, 0.3) is 0 Å². The third-order valence-electron chi connectivity index (χ3n) is 4.89. The summed E-state index contributed by atoms with van der Waals surface area (Å²) in [7, 11) is 0. The van der Waals surface area contributed by atoms with Crippen LogP contribution in [0.15, 0.2) is 24.3 Å². The molecule has 0 saturated heterocycles. The van der Waals surface area contributed by atoms with Gasteiger partial charge in [-0.3, -0.25) is 9.59 Å². The lowest BCUT2D eigenvalue weighted by molar-refractivity contribution is -0.118. The average Bonchev–Trinajstić information content (AvgIpc) is 3.31. The van der Waals surface area contributed by atoms with Crippen molar-refractivity contribution in [2.24, 2.45) is 0 Å². The zero-order valence-corrected chi connectivity index (χ0v) is 14.9. The highest BCUT2D eigenvalue weighted by Crippen LogP contribution is 2.49. The topological polar surface area (TPSA) is 68.3 Å². The van der Waals surface area contributed by atoms with E-state index in [9.17, 15) is 9.59 Å². The SMILES string of the molecule is CCOc1ccc(C2(C(=O)Nc3nc4c(s3)C(=O)CCC4)CC2)cc1. The number of thiazole rings is 1. The minimum absolute atomic E-state index is 0.0322. The third kappa shape index (κ3) is 2.95. The number of fused-ring (bicyclic) bond motifs is 1. The quantitative estimate of drug-likeness (QED) is 0.886. The van der Waals surface area contributed by atoms with Crippen molar-refractivity contribution in [2.75, 3.05) is 11.9 Å². The Morgan fingerprint density at radius 2 is 2.04 bits per heavy atom. The fourth-order valence-electron chi connectivity index (χ4n) is 3.35. The van der Waals surface area contributed by atoms with E-state index < -0.39 is 5.41 Å². The maximum Gasteiger partial charge on any atom is 0.236 e. The predicted molar refractivity (Wildman–Crippen MR) is 96.5 cm³/mol. The van der Waals surface area contributed by atoms with Gasteiger partial charge in [-0.1, -0.05) is 23.5 Å². The van der Waals surface area contributed by atoms with E-state index in [4.69, 9.17) is 4.74 Å². The van der Waals surface area contributed by atoms with Crippen LogP contribution < -0.4 is 10.1 Å². The highest BCUT2D eigenvalue weighted by atomic mass is 32.1. The van der Waals surface area contributed by atoms with Crippen molar-refractivity contribution >= 4 is 28.2 Å². The van der Waals surface area contributed by atoms with Gasteiger partial charge >= 0.3 is 0 Å². The minimum Gasteiger partial charge on any atom is -0.494 e. The van der Waals surface area contributed by atoms with Crippen molar-refractivity contribution in [3.63, 3.8) is 0 Å². The summed E-state index contributed by atoms with van der Waals surface area (Å²) in [5.74, 6) is 0.927. The zero-order valence-electron chi connectivity index (χ0n) is 14.1. The highest BCUT2D eigenvalue weighted by Gasteiger charge is 2.51. The standard InChI is InChI=1S/C19H20N2O3S/c1-2-24-13-8-6-12(7-9-13)19(10-11-19)17(23)21-18-20-14-4-3-5-15(22)16(14)25-18/h6-9H,2-5,10-11H2,1H3,(H,20,21,23). The van der Waals surface area contributed by atoms with Crippen LogP contribution >= 0.6 is 11.3 Å². The molecule has 6 heteroatoms. The minimum atomic E-state index is -0.471. The summed E-state index contributed by atoms with van der Waals surface area (Å²) in [6, 6.07) is 7.75. The number of aromatic nitrogens is 1. The van der Waals surface area contributed by atoms with Gasteiger partial charge in [-0.2, -0.15) is 0 Å². The first-order valence-electron chi connectivity index (χ1n) is 8.70. The first-order chi connectivity index (χ1) is 12.1. The number of hydrogen-bond donors (Lipinski definition) is 1. The summed E-state index contributed by atoms with van der Waals surface area (Å²) >= 11 is 1.31. The summed E-state index contributed by atoms with van der Waals surface area (Å²) in [5, 5.41) is 3.49. The molecule has 4 rings (SSSR count). The lowest BCUT2D eigenvalue weighted by atomic mass is 9.95. The van der Waals surface area contributed by atoms with Crippen LogP contribution in [-0.4, -0.2) is 23.3 Å². The highest BCUT2D eigenvalue weighted by molar-refractivity contribution is 7.17. The van der Waals surface area contributed by atoms with E-state index in [0.717, 1.165) is 42.7 Å². The third-order valence-corrected chi connectivity index (χ3v) is 5.95. The summed E-state index contributed by atoms with van der Waals surface area (Å²) in [5.41, 5.74) is 1.37. The van der Waals surface area contributed by atoms with Gasteiger partial charge in [-0.05, 0) is 50.3 Å². The van der Waals surface area contributed by atoms with Gasteiger partial charge in [-0.25, -0.2) is 4.98 Å². The second kappa shape index (κ2) is 6.26. The number of aryl methyl sites for hydroxylation is 1. The first kappa shape index (κ1) is 16.3. The van der Waals surface area contributed by atoms with Crippen LogP contribution in [0.1, 0.15) is 53.5 Å². The van der Waals surface area contributed by atoms with E-state index in [1.165, 1.54) is 11.3 Å². The normalized spacial score (nSPS) is 17.7. The van der Waals surface area contributed by atoms with Crippen molar-refractivity contribution in [3.8, 4) is 5.75 Å². The molecule has 130 valence electrons. The maximum atomic E-state index is 12.8. The molecule has 2 aliphatic carbocycles. The Morgan fingerprint density at radius 3 is 2.68 bits per heavy atom. The summed E-state index contributed by atoms with van der Waals surface area (Å²) in [6.07, 6.45) is 3.91. The average molecular weight is 356 g/mol. The molecule has 5 nitrogen and oxygen atoms in total. The first-order valence-corrected chi connectivity index (χ1v) is 9.52. The second-order valence-corrected chi connectivity index (χ2v) is 7.56. The molecule has 0 spiro atoms. The summed E-state index contributed by atoms with van der Waals surface area (Å²) < 4.78 is 5.47. The zero-order chi connectivity index (χ0) is 17.4. The number of carbonyl (C=O) groups excluding carboxylic acids is 2. The van der Waals surface area contributed by atoms with Crippen LogP contribution in [0.3, 0.4) is 0 Å². The number of carbonyl (C=O) groups is 2. The second-order valence-electron chi connectivity index (χ2n) is 6.57. The monoisotopic (exact) mass is 356 g/mol. The Hall–Kier alpha value is -2.21. The van der Waals surface area contributed by atoms with Crippen molar-refractivity contribution in [3.05, 3.63) is 40.4 Å². The molecule has 1 heterocycles. The predicted octanol–water partition coefficient (Wildman–Crippen LogP) is 3.73. The van der Waals surface area contributed by atoms with E-state index in [2.05, 4.69) is 10.3 Å². The number of amides is 1. The molecule has 1 aromatic heterocycles. The Labute approximate surface area is 150 Å². The van der Waals surface area contributed by atoms with Gasteiger partial charge in [0.2, 0.25) is 5.91 Å². The number of ether oxygens (including phenoxy) is 1. The van der Waals surface area contributed by atoms with E-state index in [1.54, 1.807) is 0 Å². The molecule has 2 aliphatic rings. The lowest BCUT2D eigenvalue weighted by Crippen LogP contribution is -2.27. The molecule has 0 aliphatic heterocycles. The molecule has 1 N–H and O–H groups in total. The molecular formula is C19H20N2O3S. The van der Waals surface area contributed by atoms with Crippen molar-refractivity contribution in [2.45, 2.75) is 44.4 Å². The van der Waals surface area contributed by atoms with E-state index in [1.807, 2.05) is 31.2 Å². The number of benzene rings is 1. The maximum absolute atomic E-state index is 12.8. The van der Waals surface area contributed by atoms with Gasteiger partial charge in [0, 0.05) is 6.42 Å². The van der Waals surface area contributed by atoms with Crippen LogP contribution in [-0.2, 0) is 16.6 Å².